The number of alkyl halides is 6. The van der Waals surface area contributed by atoms with Gasteiger partial charge in [-0.05, 0) is 94.3 Å². The highest BCUT2D eigenvalue weighted by atomic mass is 79.9. The average Bonchev–Trinajstić information content (AvgIpc) is 3.50. The molecule has 0 saturated heterocycles. The summed E-state index contributed by atoms with van der Waals surface area (Å²) in [5.74, 6) is 0.647. The molecular formula is C28H28Br2F4N2O2. The van der Waals surface area contributed by atoms with E-state index >= 15 is 0 Å². The zero-order valence-corrected chi connectivity index (χ0v) is 24.9. The van der Waals surface area contributed by atoms with Gasteiger partial charge in [-0.25, -0.2) is 0 Å². The Morgan fingerprint density at radius 1 is 0.605 bits per heavy atom. The third kappa shape index (κ3) is 8.66. The van der Waals surface area contributed by atoms with E-state index < -0.39 is 21.1 Å². The van der Waals surface area contributed by atoms with Crippen LogP contribution in [0.2, 0.25) is 0 Å². The molecule has 38 heavy (non-hydrogen) atoms. The van der Waals surface area contributed by atoms with Crippen LogP contribution in [-0.2, 0) is 0 Å². The van der Waals surface area contributed by atoms with Crippen LogP contribution in [0.3, 0.4) is 0 Å². The largest absolute Gasteiger partial charge is 0.409 e. The monoisotopic (exact) mass is 658 g/mol. The molecule has 0 atom stereocenters. The van der Waals surface area contributed by atoms with Crippen LogP contribution in [0.25, 0.3) is 22.7 Å². The van der Waals surface area contributed by atoms with Gasteiger partial charge >= 0.3 is 21.2 Å². The SMILES string of the molecule is CC(C)=c1ccc(=C2C=C(C(F)(F)Br)N=[O+]2)cc1.CC(C)=c1ccc(=C2C=C(C(F)(F)Br)N=[O+]2)cc1.[CH3-].[CH3-]. The van der Waals surface area contributed by atoms with Gasteiger partial charge in [0.15, 0.2) is 10.4 Å². The number of nitroso groups, excluding NO2 is 2. The van der Waals surface area contributed by atoms with Gasteiger partial charge in [-0.1, -0.05) is 44.5 Å². The summed E-state index contributed by atoms with van der Waals surface area (Å²) in [7, 11) is 0. The van der Waals surface area contributed by atoms with Gasteiger partial charge in [-0.3, -0.25) is 0 Å². The van der Waals surface area contributed by atoms with E-state index in [1.807, 2.05) is 76.2 Å². The quantitative estimate of drug-likeness (QED) is 0.141. The van der Waals surface area contributed by atoms with Gasteiger partial charge < -0.3 is 14.9 Å². The Balaban J connectivity index is 0.000000361. The Morgan fingerprint density at radius 3 is 1.11 bits per heavy atom. The van der Waals surface area contributed by atoms with Crippen molar-refractivity contribution >= 4 is 54.5 Å². The number of allylic oxidation sites excluding steroid dienone is 2. The number of halogens is 6. The van der Waals surface area contributed by atoms with Gasteiger partial charge in [-0.15, -0.1) is 0 Å². The van der Waals surface area contributed by atoms with E-state index in [0.717, 1.165) is 20.9 Å². The number of rotatable bonds is 2. The molecule has 4 rings (SSSR count). The van der Waals surface area contributed by atoms with E-state index in [4.69, 9.17) is 9.07 Å². The maximum Gasteiger partial charge on any atom is 0.409 e. The molecule has 204 valence electrons. The lowest BCUT2D eigenvalue weighted by Crippen LogP contribution is -2.10. The van der Waals surface area contributed by atoms with Crippen LogP contribution < -0.4 is 20.9 Å². The summed E-state index contributed by atoms with van der Waals surface area (Å²) in [6.45, 7) is 8.03. The fraction of sp³-hybridized carbons (Fsp3) is 0.214. The normalized spacial score (nSPS) is 14.2. The first-order chi connectivity index (χ1) is 16.8. The summed E-state index contributed by atoms with van der Waals surface area (Å²) < 4.78 is 61.6. The predicted octanol–water partition coefficient (Wildman–Crippen LogP) is 7.25. The summed E-state index contributed by atoms with van der Waals surface area (Å²) in [5.41, 5.74) is 1.51. The van der Waals surface area contributed by atoms with E-state index in [2.05, 4.69) is 42.2 Å². The zero-order chi connectivity index (χ0) is 26.7. The van der Waals surface area contributed by atoms with Gasteiger partial charge in [0.25, 0.3) is 0 Å². The molecular weight excluding hydrogens is 632 g/mol. The summed E-state index contributed by atoms with van der Waals surface area (Å²) in [5, 5.41) is 10.3. The highest BCUT2D eigenvalue weighted by Gasteiger charge is 2.40. The van der Waals surface area contributed by atoms with E-state index in [0.29, 0.717) is 11.5 Å². The van der Waals surface area contributed by atoms with Crippen molar-refractivity contribution in [3.8, 4) is 0 Å². The molecule has 2 aromatic rings. The van der Waals surface area contributed by atoms with Gasteiger partial charge in [0.2, 0.25) is 11.4 Å². The van der Waals surface area contributed by atoms with E-state index in [1.54, 1.807) is 0 Å². The van der Waals surface area contributed by atoms with Crippen molar-refractivity contribution in [1.29, 1.82) is 0 Å². The van der Waals surface area contributed by atoms with Gasteiger partial charge in [0.05, 0.1) is 22.6 Å². The molecule has 2 heterocycles. The van der Waals surface area contributed by atoms with Gasteiger partial charge in [0, 0.05) is 0 Å². The fourth-order valence-electron chi connectivity index (χ4n) is 3.03. The molecule has 10 heteroatoms. The second-order valence-corrected chi connectivity index (χ2v) is 10.3. The van der Waals surface area contributed by atoms with Gasteiger partial charge in [0.1, 0.15) is 0 Å². The van der Waals surface area contributed by atoms with Crippen molar-refractivity contribution < 1.29 is 17.6 Å². The smallest absolute Gasteiger partial charge is 0.358 e. The number of hydrogen-bond donors (Lipinski definition) is 0. The first-order valence-corrected chi connectivity index (χ1v) is 12.2. The lowest BCUT2D eigenvalue weighted by molar-refractivity contribution is 0.155. The molecule has 0 radical (unpaired) electrons. The van der Waals surface area contributed by atoms with Crippen LogP contribution in [0.1, 0.15) is 27.7 Å². The van der Waals surface area contributed by atoms with E-state index in [9.17, 15) is 17.6 Å². The number of hydrogen-bond acceptors (Lipinski definition) is 2. The van der Waals surface area contributed by atoms with Gasteiger partial charge in [-0.2, -0.15) is 17.6 Å². The minimum Gasteiger partial charge on any atom is -0.358 e. The van der Waals surface area contributed by atoms with Crippen molar-refractivity contribution in [3.63, 3.8) is 0 Å². The first-order valence-electron chi connectivity index (χ1n) is 10.7. The number of nitrogens with zero attached hydrogens (tertiary/aromatic N) is 2. The topological polar surface area (TPSA) is 47.3 Å². The third-order valence-electron chi connectivity index (χ3n) is 5.09. The Labute approximate surface area is 236 Å². The minimum atomic E-state index is -3.16. The van der Waals surface area contributed by atoms with E-state index in [1.165, 1.54) is 23.3 Å². The fourth-order valence-corrected chi connectivity index (χ4v) is 3.40. The zero-order valence-electron chi connectivity index (χ0n) is 21.8. The Bertz CT molecular complexity index is 1380. The van der Waals surface area contributed by atoms with E-state index in [-0.39, 0.29) is 14.9 Å². The maximum absolute atomic E-state index is 12.9. The number of benzene rings is 2. The maximum atomic E-state index is 12.9. The molecule has 0 spiro atoms. The standard InChI is InChI=1S/2C13H11BrF2NO.2CH3/c2*1-8(2)9-3-5-10(6-4-9)11-7-12(17-18-11)13(14,15)16;;/h2*3-7H,1-2H3;2*1H3/q2*+1;2*-1. The lowest BCUT2D eigenvalue weighted by atomic mass is 10.2. The second kappa shape index (κ2) is 13.4. The van der Waals surface area contributed by atoms with Crippen molar-refractivity contribution in [2.45, 2.75) is 37.4 Å². The molecule has 0 unspecified atom stereocenters. The summed E-state index contributed by atoms with van der Waals surface area (Å²) in [6.07, 6.45) is 2.46. The summed E-state index contributed by atoms with van der Waals surface area (Å²) >= 11 is 4.49. The molecule has 2 aliphatic rings. The summed E-state index contributed by atoms with van der Waals surface area (Å²) in [6, 6.07) is 14.9. The highest BCUT2D eigenvalue weighted by Crippen LogP contribution is 2.36. The van der Waals surface area contributed by atoms with Crippen molar-refractivity contribution in [2.75, 3.05) is 0 Å². The predicted molar refractivity (Wildman–Crippen MR) is 156 cm³/mol. The van der Waals surface area contributed by atoms with Crippen molar-refractivity contribution in [3.05, 3.63) is 117 Å². The molecule has 2 aromatic carbocycles. The average molecular weight is 660 g/mol. The van der Waals surface area contributed by atoms with Crippen molar-refractivity contribution in [2.24, 2.45) is 10.4 Å². The summed E-state index contributed by atoms with van der Waals surface area (Å²) in [4.78, 5) is -6.33. The van der Waals surface area contributed by atoms with Crippen LogP contribution in [0.15, 0.2) is 82.4 Å². The molecule has 0 N–H and O–H groups in total. The molecule has 0 aliphatic carbocycles. The van der Waals surface area contributed by atoms with Crippen LogP contribution in [0.4, 0.5) is 17.6 Å². The van der Waals surface area contributed by atoms with Crippen molar-refractivity contribution in [1.82, 2.24) is 0 Å². The molecule has 2 aliphatic heterocycles. The Kier molecular flexibility index (Phi) is 11.7. The Hall–Kier alpha value is -2.72. The molecule has 0 amide bonds. The third-order valence-corrected chi connectivity index (χ3v) is 5.91. The molecule has 4 nitrogen and oxygen atoms in total. The molecule has 0 bridgehead atoms. The molecule has 0 saturated carbocycles. The van der Waals surface area contributed by atoms with Crippen LogP contribution in [0, 0.1) is 23.9 Å². The molecule has 0 fully saturated rings. The second-order valence-electron chi connectivity index (χ2n) is 8.30. The minimum absolute atomic E-state index is 0. The van der Waals surface area contributed by atoms with Crippen LogP contribution >= 0.6 is 31.9 Å². The Morgan fingerprint density at radius 2 is 0.895 bits per heavy atom. The molecule has 0 aromatic heterocycles. The lowest BCUT2D eigenvalue weighted by Gasteiger charge is -1.98. The van der Waals surface area contributed by atoms with Crippen LogP contribution in [-0.4, -0.2) is 9.66 Å². The highest BCUT2D eigenvalue weighted by molar-refractivity contribution is 9.10. The first kappa shape index (κ1) is 33.3. The van der Waals surface area contributed by atoms with Crippen LogP contribution in [0.5, 0.6) is 0 Å².